The van der Waals surface area contributed by atoms with Crippen molar-refractivity contribution < 1.29 is 18.3 Å². The highest BCUT2D eigenvalue weighted by Gasteiger charge is 2.19. The van der Waals surface area contributed by atoms with Crippen molar-refractivity contribution in [3.63, 3.8) is 0 Å². The Kier molecular flexibility index (Phi) is 4.46. The van der Waals surface area contributed by atoms with Gasteiger partial charge in [0.1, 0.15) is 5.69 Å². The van der Waals surface area contributed by atoms with Gasteiger partial charge in [0.25, 0.3) is 5.91 Å². The number of nitrogens with two attached hydrogens (primary N) is 1. The Morgan fingerprint density at radius 3 is 2.81 bits per heavy atom. The molecule has 0 saturated carbocycles. The summed E-state index contributed by atoms with van der Waals surface area (Å²) in [5.41, 5.74) is 5.19. The van der Waals surface area contributed by atoms with E-state index in [1.165, 1.54) is 6.07 Å². The van der Waals surface area contributed by atoms with Crippen LogP contribution >= 0.6 is 0 Å². The van der Waals surface area contributed by atoms with Crippen LogP contribution in [0.15, 0.2) is 12.1 Å². The van der Waals surface area contributed by atoms with Gasteiger partial charge in [0.2, 0.25) is 5.82 Å². The lowest BCUT2D eigenvalue weighted by molar-refractivity contribution is 0.0996. The van der Waals surface area contributed by atoms with Gasteiger partial charge in [-0.2, -0.15) is 19.8 Å². The molecule has 1 aromatic heterocycles. The molecule has 0 radical (unpaired) electrons. The molecule has 0 unspecified atom stereocenters. The van der Waals surface area contributed by atoms with Crippen LogP contribution in [-0.4, -0.2) is 27.9 Å². The molecule has 0 aliphatic carbocycles. The second-order valence-corrected chi connectivity index (χ2v) is 4.36. The minimum atomic E-state index is -1.10. The van der Waals surface area contributed by atoms with Gasteiger partial charge in [0, 0.05) is 5.56 Å². The minimum Gasteiger partial charge on any atom is -0.490 e. The van der Waals surface area contributed by atoms with Crippen molar-refractivity contribution in [3.05, 3.63) is 29.5 Å². The van der Waals surface area contributed by atoms with Gasteiger partial charge in [-0.3, -0.25) is 4.79 Å². The zero-order valence-corrected chi connectivity index (χ0v) is 11.3. The highest BCUT2D eigenvalue weighted by molar-refractivity contribution is 5.96. The number of nitrogens with zero attached hydrogens (tertiary/aromatic N) is 2. The van der Waals surface area contributed by atoms with Gasteiger partial charge >= 0.3 is 0 Å². The van der Waals surface area contributed by atoms with E-state index >= 15 is 0 Å². The topological polar surface area (TPSA) is 93.9 Å². The van der Waals surface area contributed by atoms with Crippen molar-refractivity contribution in [1.82, 2.24) is 15.4 Å². The maximum Gasteiger partial charge on any atom is 0.271 e. The van der Waals surface area contributed by atoms with Crippen LogP contribution in [0.4, 0.5) is 8.78 Å². The first-order valence-electron chi connectivity index (χ1n) is 6.37. The lowest BCUT2D eigenvalue weighted by Crippen LogP contribution is -2.13. The monoisotopic (exact) mass is 296 g/mol. The number of rotatable bonds is 6. The first-order valence-corrected chi connectivity index (χ1v) is 6.37. The van der Waals surface area contributed by atoms with Crippen LogP contribution in [0.3, 0.4) is 0 Å². The van der Waals surface area contributed by atoms with E-state index in [2.05, 4.69) is 15.4 Å². The molecule has 0 bridgehead atoms. The molecule has 1 aromatic carbocycles. The van der Waals surface area contributed by atoms with Crippen molar-refractivity contribution >= 4 is 5.91 Å². The van der Waals surface area contributed by atoms with Crippen molar-refractivity contribution in [2.75, 3.05) is 6.61 Å². The van der Waals surface area contributed by atoms with E-state index in [1.807, 2.05) is 6.92 Å². The van der Waals surface area contributed by atoms with Crippen LogP contribution in [0.25, 0.3) is 11.3 Å². The Labute approximate surface area is 119 Å². The fraction of sp³-hybridized carbons (Fsp3) is 0.308. The van der Waals surface area contributed by atoms with E-state index in [0.29, 0.717) is 6.42 Å². The van der Waals surface area contributed by atoms with Crippen LogP contribution < -0.4 is 10.5 Å². The van der Waals surface area contributed by atoms with Crippen LogP contribution in [-0.2, 0) is 0 Å². The van der Waals surface area contributed by atoms with Crippen LogP contribution in [0.5, 0.6) is 5.75 Å². The predicted octanol–water partition coefficient (Wildman–Crippen LogP) is 2.03. The van der Waals surface area contributed by atoms with E-state index in [-0.39, 0.29) is 29.3 Å². The average Bonchev–Trinajstić information content (AvgIpc) is 2.93. The molecule has 2 aromatic rings. The molecule has 21 heavy (non-hydrogen) atoms. The van der Waals surface area contributed by atoms with E-state index < -0.39 is 17.5 Å². The molecule has 0 saturated heterocycles. The average molecular weight is 296 g/mol. The Hall–Kier alpha value is -2.51. The maximum absolute atomic E-state index is 13.7. The molecule has 0 fully saturated rings. The molecule has 3 N–H and O–H groups in total. The third-order valence-electron chi connectivity index (χ3n) is 2.81. The number of amides is 1. The Balaban J connectivity index is 2.40. The molecule has 0 spiro atoms. The number of nitrogens with one attached hydrogen (secondary N) is 1. The zero-order valence-electron chi connectivity index (χ0n) is 11.3. The molecular formula is C13H14F2N4O2. The van der Waals surface area contributed by atoms with E-state index in [9.17, 15) is 13.6 Å². The quantitative estimate of drug-likeness (QED) is 0.797. The number of halogens is 2. The Morgan fingerprint density at radius 2 is 2.14 bits per heavy atom. The largest absolute Gasteiger partial charge is 0.490 e. The summed E-state index contributed by atoms with van der Waals surface area (Å²) in [6.07, 6.45) is 1.57. The molecule has 6 nitrogen and oxygen atoms in total. The fourth-order valence-electron chi connectivity index (χ4n) is 1.74. The zero-order chi connectivity index (χ0) is 15.4. The van der Waals surface area contributed by atoms with Gasteiger partial charge < -0.3 is 10.5 Å². The van der Waals surface area contributed by atoms with Crippen LogP contribution in [0, 0.1) is 11.6 Å². The summed E-state index contributed by atoms with van der Waals surface area (Å²) in [5.74, 6) is -3.25. The van der Waals surface area contributed by atoms with E-state index in [1.54, 1.807) is 0 Å². The van der Waals surface area contributed by atoms with Crippen molar-refractivity contribution in [2.24, 2.45) is 5.73 Å². The number of aromatic nitrogens is 3. The second-order valence-electron chi connectivity index (χ2n) is 4.36. The summed E-state index contributed by atoms with van der Waals surface area (Å²) in [7, 11) is 0. The van der Waals surface area contributed by atoms with Gasteiger partial charge in [-0.25, -0.2) is 4.39 Å². The molecule has 112 valence electrons. The summed E-state index contributed by atoms with van der Waals surface area (Å²) >= 11 is 0. The summed E-state index contributed by atoms with van der Waals surface area (Å²) in [4.78, 5) is 11.2. The Morgan fingerprint density at radius 1 is 1.38 bits per heavy atom. The lowest BCUT2D eigenvalue weighted by atomic mass is 10.1. The number of ether oxygens (including phenoxy) is 1. The molecule has 2 rings (SSSR count). The van der Waals surface area contributed by atoms with E-state index in [0.717, 1.165) is 12.5 Å². The lowest BCUT2D eigenvalue weighted by Gasteiger charge is -2.09. The molecule has 0 atom stereocenters. The normalized spacial score (nSPS) is 10.6. The number of unbranched alkanes of at least 4 members (excludes halogenated alkanes) is 1. The SMILES string of the molecule is CCCCOc1cc(-c2n[nH]nc2C(N)=O)cc(F)c1F. The highest BCUT2D eigenvalue weighted by atomic mass is 19.2. The molecular weight excluding hydrogens is 282 g/mol. The third-order valence-corrected chi connectivity index (χ3v) is 2.81. The number of hydrogen-bond donors (Lipinski definition) is 2. The maximum atomic E-state index is 13.7. The smallest absolute Gasteiger partial charge is 0.271 e. The molecule has 1 heterocycles. The van der Waals surface area contributed by atoms with Crippen molar-refractivity contribution in [1.29, 1.82) is 0 Å². The Bertz CT molecular complexity index is 658. The first-order chi connectivity index (χ1) is 10.0. The number of aromatic amines is 1. The summed E-state index contributed by atoms with van der Waals surface area (Å²) in [6.45, 7) is 2.21. The highest BCUT2D eigenvalue weighted by Crippen LogP contribution is 2.29. The van der Waals surface area contributed by atoms with Crippen LogP contribution in [0.2, 0.25) is 0 Å². The number of benzene rings is 1. The number of hydrogen-bond acceptors (Lipinski definition) is 4. The fourth-order valence-corrected chi connectivity index (χ4v) is 1.74. The van der Waals surface area contributed by atoms with Gasteiger partial charge in [-0.15, -0.1) is 0 Å². The molecule has 0 aliphatic heterocycles. The second kappa shape index (κ2) is 6.29. The molecule has 8 heteroatoms. The number of H-pyrrole nitrogens is 1. The van der Waals surface area contributed by atoms with Gasteiger partial charge in [0.15, 0.2) is 17.3 Å². The van der Waals surface area contributed by atoms with E-state index in [4.69, 9.17) is 10.5 Å². The minimum absolute atomic E-state index is 0.0433. The summed E-state index contributed by atoms with van der Waals surface area (Å²) in [5, 5.41) is 9.54. The van der Waals surface area contributed by atoms with Crippen LogP contribution in [0.1, 0.15) is 30.3 Å². The standard InChI is InChI=1S/C13H14F2N4O2/c1-2-3-4-21-9-6-7(5-8(14)10(9)15)11-12(13(16)20)18-19-17-11/h5-6H,2-4H2,1H3,(H2,16,20)(H,17,18,19). The summed E-state index contributed by atoms with van der Waals surface area (Å²) in [6, 6.07) is 2.17. The number of primary amides is 1. The van der Waals surface area contributed by atoms with Crippen molar-refractivity contribution in [3.8, 4) is 17.0 Å². The van der Waals surface area contributed by atoms with Gasteiger partial charge in [-0.1, -0.05) is 13.3 Å². The first kappa shape index (κ1) is 14.9. The van der Waals surface area contributed by atoms with Gasteiger partial charge in [0.05, 0.1) is 6.61 Å². The number of carbonyl (C=O) groups excluding carboxylic acids is 1. The molecule has 1 amide bonds. The molecule has 0 aliphatic rings. The predicted molar refractivity (Wildman–Crippen MR) is 70.7 cm³/mol. The van der Waals surface area contributed by atoms with Crippen molar-refractivity contribution in [2.45, 2.75) is 19.8 Å². The van der Waals surface area contributed by atoms with Gasteiger partial charge in [-0.05, 0) is 18.6 Å². The number of carbonyl (C=O) groups is 1. The summed E-state index contributed by atoms with van der Waals surface area (Å²) < 4.78 is 32.5. The third kappa shape index (κ3) is 3.15.